The van der Waals surface area contributed by atoms with Gasteiger partial charge in [0.1, 0.15) is 11.8 Å². The molecule has 0 bridgehead atoms. The molecular weight excluding hydrogens is 394 g/mol. The molecule has 8 heteroatoms. The molecule has 8 nitrogen and oxygen atoms in total. The third-order valence-electron chi connectivity index (χ3n) is 5.50. The van der Waals surface area contributed by atoms with Gasteiger partial charge in [0.2, 0.25) is 0 Å². The topological polar surface area (TPSA) is 102 Å². The first-order valence-corrected chi connectivity index (χ1v) is 10.6. The van der Waals surface area contributed by atoms with E-state index in [9.17, 15) is 9.90 Å². The summed E-state index contributed by atoms with van der Waals surface area (Å²) in [6.45, 7) is 0.545. The van der Waals surface area contributed by atoms with Crippen molar-refractivity contribution in [1.29, 1.82) is 0 Å². The molecule has 0 radical (unpaired) electrons. The molecule has 0 saturated carbocycles. The zero-order valence-corrected chi connectivity index (χ0v) is 17.3. The SMILES string of the molecule is O=C(N[C@H]1CC[C@@H](CCn2cc(Cc3ccccc3)nn2)O[C@@H]1CO)c1ccccn1. The summed E-state index contributed by atoms with van der Waals surface area (Å²) < 4.78 is 7.90. The summed E-state index contributed by atoms with van der Waals surface area (Å²) >= 11 is 0. The van der Waals surface area contributed by atoms with Crippen LogP contribution in [0, 0.1) is 0 Å². The zero-order chi connectivity index (χ0) is 21.5. The van der Waals surface area contributed by atoms with E-state index in [2.05, 4.69) is 32.7 Å². The second-order valence-electron chi connectivity index (χ2n) is 7.78. The third-order valence-corrected chi connectivity index (χ3v) is 5.50. The smallest absolute Gasteiger partial charge is 0.270 e. The van der Waals surface area contributed by atoms with Crippen LogP contribution in [-0.2, 0) is 17.7 Å². The molecule has 2 N–H and O–H groups in total. The maximum absolute atomic E-state index is 12.4. The van der Waals surface area contributed by atoms with Crippen LogP contribution in [0.15, 0.2) is 60.9 Å². The standard InChI is InChI=1S/C23H27N5O3/c29-16-22-20(25-23(30)21-8-4-5-12-24-21)10-9-19(31-22)11-13-28-15-18(26-27-28)14-17-6-2-1-3-7-17/h1-8,12,15,19-20,22,29H,9-11,13-14,16H2,(H,25,30)/t19-,20-,22+/m0/s1. The number of carbonyl (C=O) groups excluding carboxylic acids is 1. The van der Waals surface area contributed by atoms with E-state index < -0.39 is 6.10 Å². The monoisotopic (exact) mass is 421 g/mol. The van der Waals surface area contributed by atoms with Crippen molar-refractivity contribution in [2.45, 2.75) is 50.5 Å². The lowest BCUT2D eigenvalue weighted by molar-refractivity contribution is -0.0912. The van der Waals surface area contributed by atoms with E-state index >= 15 is 0 Å². The number of nitrogens with zero attached hydrogens (tertiary/aromatic N) is 4. The molecule has 1 fully saturated rings. The van der Waals surface area contributed by atoms with E-state index in [0.717, 1.165) is 31.4 Å². The van der Waals surface area contributed by atoms with E-state index in [4.69, 9.17) is 4.74 Å². The van der Waals surface area contributed by atoms with Crippen molar-refractivity contribution in [2.24, 2.45) is 0 Å². The van der Waals surface area contributed by atoms with Crippen molar-refractivity contribution < 1.29 is 14.6 Å². The van der Waals surface area contributed by atoms with Crippen LogP contribution in [-0.4, -0.2) is 55.8 Å². The van der Waals surface area contributed by atoms with E-state index in [0.29, 0.717) is 12.2 Å². The molecule has 1 saturated heterocycles. The summed E-state index contributed by atoms with van der Waals surface area (Å²) in [6.07, 6.45) is 6.19. The molecule has 31 heavy (non-hydrogen) atoms. The van der Waals surface area contributed by atoms with Crippen molar-refractivity contribution in [1.82, 2.24) is 25.3 Å². The quantitative estimate of drug-likeness (QED) is 0.577. The predicted octanol–water partition coefficient (Wildman–Crippen LogP) is 1.99. The van der Waals surface area contributed by atoms with Gasteiger partial charge in [-0.25, -0.2) is 0 Å². The van der Waals surface area contributed by atoms with Crippen LogP contribution < -0.4 is 5.32 Å². The first kappa shape index (κ1) is 21.1. The van der Waals surface area contributed by atoms with Gasteiger partial charge in [-0.1, -0.05) is 41.6 Å². The Morgan fingerprint density at radius 1 is 1.16 bits per heavy atom. The Balaban J connectivity index is 1.26. The average Bonchev–Trinajstić information content (AvgIpc) is 3.26. The number of nitrogens with one attached hydrogen (secondary N) is 1. The summed E-state index contributed by atoms with van der Waals surface area (Å²) in [5.41, 5.74) is 2.50. The fraction of sp³-hybridized carbons (Fsp3) is 0.391. The Hall–Kier alpha value is -3.10. The first-order chi connectivity index (χ1) is 15.2. The van der Waals surface area contributed by atoms with Crippen LogP contribution in [0.5, 0.6) is 0 Å². The van der Waals surface area contributed by atoms with Gasteiger partial charge < -0.3 is 15.2 Å². The van der Waals surface area contributed by atoms with Gasteiger partial charge in [-0.05, 0) is 37.0 Å². The molecule has 1 aliphatic rings. The molecule has 2 aromatic heterocycles. The second kappa shape index (κ2) is 10.3. The molecule has 1 amide bonds. The number of benzene rings is 1. The number of hydrogen-bond donors (Lipinski definition) is 2. The number of carbonyl (C=O) groups is 1. The number of rotatable bonds is 8. The minimum atomic E-state index is -0.434. The number of pyridine rings is 1. The fourth-order valence-corrected chi connectivity index (χ4v) is 3.86. The molecule has 1 aliphatic heterocycles. The van der Waals surface area contributed by atoms with Crippen LogP contribution >= 0.6 is 0 Å². The minimum Gasteiger partial charge on any atom is -0.394 e. The molecule has 4 rings (SSSR count). The van der Waals surface area contributed by atoms with E-state index in [1.165, 1.54) is 5.56 Å². The van der Waals surface area contributed by atoms with Crippen molar-refractivity contribution in [3.05, 3.63) is 77.9 Å². The summed E-state index contributed by atoms with van der Waals surface area (Å²) in [6, 6.07) is 15.2. The lowest BCUT2D eigenvalue weighted by atomic mass is 9.97. The van der Waals surface area contributed by atoms with Gasteiger partial charge in [-0.2, -0.15) is 0 Å². The normalized spacial score (nSPS) is 21.0. The Morgan fingerprint density at radius 3 is 2.77 bits per heavy atom. The summed E-state index contributed by atoms with van der Waals surface area (Å²) in [5, 5.41) is 21.2. The molecule has 0 spiro atoms. The number of ether oxygens (including phenoxy) is 1. The van der Waals surface area contributed by atoms with Gasteiger partial charge in [0.25, 0.3) is 5.91 Å². The highest BCUT2D eigenvalue weighted by Crippen LogP contribution is 2.22. The second-order valence-corrected chi connectivity index (χ2v) is 7.78. The Labute approximate surface area is 181 Å². The van der Waals surface area contributed by atoms with Gasteiger partial charge in [0, 0.05) is 25.4 Å². The van der Waals surface area contributed by atoms with E-state index in [1.807, 2.05) is 29.1 Å². The highest BCUT2D eigenvalue weighted by Gasteiger charge is 2.32. The van der Waals surface area contributed by atoms with Gasteiger partial charge >= 0.3 is 0 Å². The van der Waals surface area contributed by atoms with Crippen LogP contribution in [0.3, 0.4) is 0 Å². The lowest BCUT2D eigenvalue weighted by Crippen LogP contribution is -2.51. The predicted molar refractivity (Wildman–Crippen MR) is 114 cm³/mol. The number of aryl methyl sites for hydroxylation is 1. The van der Waals surface area contributed by atoms with Gasteiger partial charge in [0.15, 0.2) is 0 Å². The highest BCUT2D eigenvalue weighted by molar-refractivity contribution is 5.92. The minimum absolute atomic E-state index is 0.00178. The van der Waals surface area contributed by atoms with Crippen LogP contribution in [0.1, 0.15) is 41.0 Å². The maximum atomic E-state index is 12.4. The van der Waals surface area contributed by atoms with Crippen LogP contribution in [0.25, 0.3) is 0 Å². The fourth-order valence-electron chi connectivity index (χ4n) is 3.86. The summed E-state index contributed by atoms with van der Waals surface area (Å²) in [5.74, 6) is -0.250. The molecule has 0 aliphatic carbocycles. The highest BCUT2D eigenvalue weighted by atomic mass is 16.5. The van der Waals surface area contributed by atoms with Crippen molar-refractivity contribution in [3.63, 3.8) is 0 Å². The zero-order valence-electron chi connectivity index (χ0n) is 17.3. The molecule has 162 valence electrons. The number of hydrogen-bond acceptors (Lipinski definition) is 6. The van der Waals surface area contributed by atoms with E-state index in [-0.39, 0.29) is 24.7 Å². The number of aromatic nitrogens is 4. The summed E-state index contributed by atoms with van der Waals surface area (Å²) in [7, 11) is 0. The largest absolute Gasteiger partial charge is 0.394 e. The Bertz CT molecular complexity index is 964. The number of aliphatic hydroxyl groups is 1. The van der Waals surface area contributed by atoms with Crippen molar-refractivity contribution in [3.8, 4) is 0 Å². The van der Waals surface area contributed by atoms with Crippen LogP contribution in [0.2, 0.25) is 0 Å². The summed E-state index contributed by atoms with van der Waals surface area (Å²) in [4.78, 5) is 16.4. The average molecular weight is 422 g/mol. The van der Waals surface area contributed by atoms with Gasteiger partial charge in [0.05, 0.1) is 24.4 Å². The third kappa shape index (κ3) is 5.74. The lowest BCUT2D eigenvalue weighted by Gasteiger charge is -2.36. The van der Waals surface area contributed by atoms with E-state index in [1.54, 1.807) is 24.4 Å². The van der Waals surface area contributed by atoms with Gasteiger partial charge in [-0.15, -0.1) is 5.10 Å². The molecule has 1 aromatic carbocycles. The Kier molecular flexibility index (Phi) is 7.01. The molecule has 3 aromatic rings. The van der Waals surface area contributed by atoms with Gasteiger partial charge in [-0.3, -0.25) is 14.5 Å². The van der Waals surface area contributed by atoms with Crippen molar-refractivity contribution in [2.75, 3.05) is 6.61 Å². The van der Waals surface area contributed by atoms with Crippen LogP contribution in [0.4, 0.5) is 0 Å². The number of aliphatic hydroxyl groups excluding tert-OH is 1. The molecule has 3 atom stereocenters. The molecule has 3 heterocycles. The molecular formula is C23H27N5O3. The maximum Gasteiger partial charge on any atom is 0.270 e. The number of amides is 1. The Morgan fingerprint density at radius 2 is 2.00 bits per heavy atom. The molecule has 0 unspecified atom stereocenters. The first-order valence-electron chi connectivity index (χ1n) is 10.6. The van der Waals surface area contributed by atoms with Crippen molar-refractivity contribution >= 4 is 5.91 Å².